The molecule has 1 aliphatic heterocycles. The number of rotatable bonds is 7. The van der Waals surface area contributed by atoms with E-state index in [4.69, 9.17) is 13.9 Å². The molecule has 0 aliphatic carbocycles. The van der Waals surface area contributed by atoms with Crippen molar-refractivity contribution in [1.82, 2.24) is 5.32 Å². The van der Waals surface area contributed by atoms with Crippen molar-refractivity contribution in [2.24, 2.45) is 0 Å². The Morgan fingerprint density at radius 3 is 2.96 bits per heavy atom. The summed E-state index contributed by atoms with van der Waals surface area (Å²) >= 11 is 0. The van der Waals surface area contributed by atoms with Crippen LogP contribution in [0.15, 0.2) is 34.9 Å². The third-order valence-electron chi connectivity index (χ3n) is 4.22. The van der Waals surface area contributed by atoms with E-state index in [0.717, 1.165) is 23.5 Å². The number of benzene rings is 1. The maximum Gasteiger partial charge on any atom is 0.136 e. The van der Waals surface area contributed by atoms with E-state index >= 15 is 0 Å². The summed E-state index contributed by atoms with van der Waals surface area (Å²) in [5.74, 6) is 2.35. The molecule has 0 amide bonds. The van der Waals surface area contributed by atoms with Gasteiger partial charge in [-0.3, -0.25) is 0 Å². The fourth-order valence-electron chi connectivity index (χ4n) is 3.02. The van der Waals surface area contributed by atoms with Crippen LogP contribution >= 0.6 is 0 Å². The summed E-state index contributed by atoms with van der Waals surface area (Å²) in [6, 6.07) is 7.66. The van der Waals surface area contributed by atoms with Crippen molar-refractivity contribution in [3.63, 3.8) is 0 Å². The fourth-order valence-corrected chi connectivity index (χ4v) is 3.02. The molecule has 3 rings (SSSR count). The van der Waals surface area contributed by atoms with E-state index in [9.17, 15) is 5.11 Å². The van der Waals surface area contributed by atoms with Crippen LogP contribution in [-0.2, 0) is 18.6 Å². The number of furan rings is 1. The van der Waals surface area contributed by atoms with Crippen LogP contribution in [0.5, 0.6) is 11.5 Å². The number of ether oxygens (including phenoxy) is 2. The highest BCUT2D eigenvalue weighted by molar-refractivity contribution is 5.48. The van der Waals surface area contributed by atoms with Gasteiger partial charge in [0, 0.05) is 30.6 Å². The smallest absolute Gasteiger partial charge is 0.136 e. The van der Waals surface area contributed by atoms with Gasteiger partial charge in [0.25, 0.3) is 0 Å². The van der Waals surface area contributed by atoms with Gasteiger partial charge in [-0.15, -0.1) is 0 Å². The van der Waals surface area contributed by atoms with Crippen LogP contribution in [0, 0.1) is 0 Å². The Balaban J connectivity index is 1.69. The number of hydrogen-bond donors (Lipinski definition) is 2. The molecule has 2 unspecified atom stereocenters. The van der Waals surface area contributed by atoms with E-state index in [1.165, 1.54) is 5.56 Å². The molecule has 0 saturated carbocycles. The van der Waals surface area contributed by atoms with Crippen LogP contribution in [0.3, 0.4) is 0 Å². The maximum atomic E-state index is 10.5. The molecule has 0 radical (unpaired) electrons. The van der Waals surface area contributed by atoms with E-state index in [2.05, 4.69) is 18.3 Å². The largest absolute Gasteiger partial charge is 0.494 e. The summed E-state index contributed by atoms with van der Waals surface area (Å²) in [4.78, 5) is 0. The summed E-state index contributed by atoms with van der Waals surface area (Å²) in [7, 11) is 0. The van der Waals surface area contributed by atoms with E-state index in [0.29, 0.717) is 25.5 Å². The standard InChI is InChI=1S/C19H25NO4/c1-4-22-16-9-14-8-13(2)24-17(14)10-15(16)11-20-12-19(3,21)18-6-5-7-23-18/h5-7,9-10,13,20-21H,4,8,11-12H2,1-3H3. The van der Waals surface area contributed by atoms with Crippen molar-refractivity contribution in [3.05, 3.63) is 47.4 Å². The maximum absolute atomic E-state index is 10.5. The second-order valence-electron chi connectivity index (χ2n) is 6.49. The molecule has 2 aromatic rings. The third kappa shape index (κ3) is 3.57. The lowest BCUT2D eigenvalue weighted by molar-refractivity contribution is 0.0340. The number of hydrogen-bond acceptors (Lipinski definition) is 5. The number of fused-ring (bicyclic) bond motifs is 1. The van der Waals surface area contributed by atoms with Gasteiger partial charge >= 0.3 is 0 Å². The molecule has 1 aliphatic rings. The first-order valence-corrected chi connectivity index (χ1v) is 8.42. The van der Waals surface area contributed by atoms with Crippen molar-refractivity contribution >= 4 is 0 Å². The van der Waals surface area contributed by atoms with Gasteiger partial charge in [0.05, 0.1) is 12.9 Å². The summed E-state index contributed by atoms with van der Waals surface area (Å²) in [6.45, 7) is 7.35. The molecule has 0 saturated heterocycles. The average molecular weight is 331 g/mol. The van der Waals surface area contributed by atoms with E-state index in [-0.39, 0.29) is 6.10 Å². The topological polar surface area (TPSA) is 63.9 Å². The quantitative estimate of drug-likeness (QED) is 0.816. The lowest BCUT2D eigenvalue weighted by Crippen LogP contribution is -2.34. The lowest BCUT2D eigenvalue weighted by atomic mass is 10.0. The Labute approximate surface area is 142 Å². The minimum atomic E-state index is -1.06. The Bertz CT molecular complexity index is 679. The molecule has 2 atom stereocenters. The van der Waals surface area contributed by atoms with Crippen LogP contribution in [-0.4, -0.2) is 24.4 Å². The first-order chi connectivity index (χ1) is 11.5. The minimum absolute atomic E-state index is 0.206. The van der Waals surface area contributed by atoms with Crippen LogP contribution in [0.1, 0.15) is 37.7 Å². The Hall–Kier alpha value is -1.98. The first-order valence-electron chi connectivity index (χ1n) is 8.42. The molecule has 130 valence electrons. The van der Waals surface area contributed by atoms with Crippen molar-refractivity contribution in [1.29, 1.82) is 0 Å². The van der Waals surface area contributed by atoms with E-state index < -0.39 is 5.60 Å². The van der Waals surface area contributed by atoms with Gasteiger partial charge in [-0.2, -0.15) is 0 Å². The molecule has 24 heavy (non-hydrogen) atoms. The highest BCUT2D eigenvalue weighted by Crippen LogP contribution is 2.35. The third-order valence-corrected chi connectivity index (χ3v) is 4.22. The fraction of sp³-hybridized carbons (Fsp3) is 0.474. The predicted molar refractivity (Wildman–Crippen MR) is 91.4 cm³/mol. The zero-order valence-corrected chi connectivity index (χ0v) is 14.5. The lowest BCUT2D eigenvalue weighted by Gasteiger charge is -2.22. The minimum Gasteiger partial charge on any atom is -0.494 e. The van der Waals surface area contributed by atoms with Crippen LogP contribution < -0.4 is 14.8 Å². The van der Waals surface area contributed by atoms with Gasteiger partial charge in [0.15, 0.2) is 0 Å². The molecule has 0 spiro atoms. The number of nitrogens with one attached hydrogen (secondary N) is 1. The van der Waals surface area contributed by atoms with Crippen LogP contribution in [0.2, 0.25) is 0 Å². The van der Waals surface area contributed by atoms with Gasteiger partial charge in [-0.1, -0.05) is 0 Å². The highest BCUT2D eigenvalue weighted by atomic mass is 16.5. The molecular formula is C19H25NO4. The SMILES string of the molecule is CCOc1cc2c(cc1CNCC(C)(O)c1ccco1)OC(C)C2. The molecule has 5 nitrogen and oxygen atoms in total. The summed E-state index contributed by atoms with van der Waals surface area (Å²) < 4.78 is 16.9. The van der Waals surface area contributed by atoms with Gasteiger partial charge in [-0.05, 0) is 45.0 Å². The summed E-state index contributed by atoms with van der Waals surface area (Å²) in [5, 5.41) is 13.8. The monoisotopic (exact) mass is 331 g/mol. The molecule has 5 heteroatoms. The van der Waals surface area contributed by atoms with Crippen LogP contribution in [0.4, 0.5) is 0 Å². The van der Waals surface area contributed by atoms with Gasteiger partial charge in [0.2, 0.25) is 0 Å². The van der Waals surface area contributed by atoms with E-state index in [1.807, 2.05) is 13.0 Å². The van der Waals surface area contributed by atoms with Crippen molar-refractivity contribution in [3.8, 4) is 11.5 Å². The zero-order valence-electron chi connectivity index (χ0n) is 14.5. The Morgan fingerprint density at radius 1 is 1.42 bits per heavy atom. The zero-order chi connectivity index (χ0) is 17.2. The second-order valence-corrected chi connectivity index (χ2v) is 6.49. The van der Waals surface area contributed by atoms with Crippen LogP contribution in [0.25, 0.3) is 0 Å². The van der Waals surface area contributed by atoms with Gasteiger partial charge < -0.3 is 24.3 Å². The predicted octanol–water partition coefficient (Wildman–Crippen LogP) is 3.00. The normalized spacial score (nSPS) is 18.8. The highest BCUT2D eigenvalue weighted by Gasteiger charge is 2.26. The molecule has 0 fully saturated rings. The molecule has 2 heterocycles. The van der Waals surface area contributed by atoms with Gasteiger partial charge in [0.1, 0.15) is 29.0 Å². The molecule has 0 bridgehead atoms. The average Bonchev–Trinajstić information content (AvgIpc) is 3.16. The second kappa shape index (κ2) is 6.87. The first kappa shape index (κ1) is 16.9. The molecular weight excluding hydrogens is 306 g/mol. The van der Waals surface area contributed by atoms with E-state index in [1.54, 1.807) is 25.3 Å². The van der Waals surface area contributed by atoms with Crippen molar-refractivity contribution in [2.75, 3.05) is 13.2 Å². The Morgan fingerprint density at radius 2 is 2.25 bits per heavy atom. The molecule has 2 N–H and O–H groups in total. The summed E-state index contributed by atoms with van der Waals surface area (Å²) in [6.07, 6.45) is 2.68. The number of aliphatic hydroxyl groups is 1. The van der Waals surface area contributed by atoms with Crippen molar-refractivity contribution < 1.29 is 19.0 Å². The Kier molecular flexibility index (Phi) is 4.83. The van der Waals surface area contributed by atoms with Crippen molar-refractivity contribution in [2.45, 2.75) is 45.4 Å². The molecule has 1 aromatic heterocycles. The molecule has 1 aromatic carbocycles. The van der Waals surface area contributed by atoms with Gasteiger partial charge in [-0.25, -0.2) is 0 Å². The summed E-state index contributed by atoms with van der Waals surface area (Å²) in [5.41, 5.74) is 1.16.